The lowest BCUT2D eigenvalue weighted by Crippen LogP contribution is -2.22. The Labute approximate surface area is 168 Å². The first-order valence-corrected chi connectivity index (χ1v) is 9.55. The molecule has 1 atom stereocenters. The number of nitrogens with zero attached hydrogens (tertiary/aromatic N) is 3. The van der Waals surface area contributed by atoms with Crippen LogP contribution in [0.2, 0.25) is 0 Å². The van der Waals surface area contributed by atoms with Gasteiger partial charge in [0.15, 0.2) is 11.0 Å². The van der Waals surface area contributed by atoms with E-state index in [4.69, 9.17) is 9.47 Å². The Bertz CT molecular complexity index is 939. The summed E-state index contributed by atoms with van der Waals surface area (Å²) in [6, 6.07) is 14.8. The zero-order valence-corrected chi connectivity index (χ0v) is 17.0. The minimum absolute atomic E-state index is 0.107. The van der Waals surface area contributed by atoms with Crippen molar-refractivity contribution >= 4 is 23.4 Å². The molecule has 1 heterocycles. The van der Waals surface area contributed by atoms with E-state index in [1.807, 2.05) is 42.8 Å². The van der Waals surface area contributed by atoms with E-state index in [2.05, 4.69) is 15.5 Å². The van der Waals surface area contributed by atoms with Crippen LogP contribution in [0.5, 0.6) is 11.5 Å². The van der Waals surface area contributed by atoms with Gasteiger partial charge in [-0.1, -0.05) is 11.8 Å². The van der Waals surface area contributed by atoms with Gasteiger partial charge < -0.3 is 19.4 Å². The molecule has 0 saturated heterocycles. The van der Waals surface area contributed by atoms with Crippen molar-refractivity contribution in [2.24, 2.45) is 7.05 Å². The molecule has 3 rings (SSSR count). The fraction of sp³-hybridized carbons (Fsp3) is 0.250. The average Bonchev–Trinajstić information content (AvgIpc) is 3.08. The third-order valence-electron chi connectivity index (χ3n) is 4.19. The molecule has 28 heavy (non-hydrogen) atoms. The molecule has 0 fully saturated rings. The van der Waals surface area contributed by atoms with Crippen LogP contribution < -0.4 is 14.8 Å². The number of thioether (sulfide) groups is 1. The summed E-state index contributed by atoms with van der Waals surface area (Å²) in [7, 11) is 5.12. The molecule has 2 aromatic carbocycles. The number of aromatic nitrogens is 3. The Morgan fingerprint density at radius 2 is 1.57 bits per heavy atom. The summed E-state index contributed by atoms with van der Waals surface area (Å²) in [5.41, 5.74) is 1.65. The van der Waals surface area contributed by atoms with Crippen molar-refractivity contribution in [3.8, 4) is 22.9 Å². The molecule has 8 heteroatoms. The first kappa shape index (κ1) is 19.8. The van der Waals surface area contributed by atoms with E-state index in [-0.39, 0.29) is 11.2 Å². The highest BCUT2D eigenvalue weighted by molar-refractivity contribution is 8.00. The number of anilines is 1. The molecule has 0 unspecified atom stereocenters. The van der Waals surface area contributed by atoms with Crippen LogP contribution in [0.1, 0.15) is 6.92 Å². The van der Waals surface area contributed by atoms with Gasteiger partial charge in [0.05, 0.1) is 19.5 Å². The highest BCUT2D eigenvalue weighted by atomic mass is 32.2. The second-order valence-corrected chi connectivity index (χ2v) is 7.38. The highest BCUT2D eigenvalue weighted by Crippen LogP contribution is 2.27. The lowest BCUT2D eigenvalue weighted by Gasteiger charge is -2.12. The Kier molecular flexibility index (Phi) is 6.20. The molecule has 7 nitrogen and oxygen atoms in total. The van der Waals surface area contributed by atoms with Crippen LogP contribution in [-0.4, -0.2) is 40.1 Å². The van der Waals surface area contributed by atoms with Crippen molar-refractivity contribution in [1.82, 2.24) is 14.8 Å². The number of methoxy groups -OCH3 is 2. The molecule has 0 aliphatic carbocycles. The number of hydrogen-bond acceptors (Lipinski definition) is 6. The maximum Gasteiger partial charge on any atom is 0.237 e. The second-order valence-electron chi connectivity index (χ2n) is 6.07. The molecule has 1 aromatic heterocycles. The molecule has 0 radical (unpaired) electrons. The minimum atomic E-state index is -0.339. The van der Waals surface area contributed by atoms with Crippen LogP contribution in [0.3, 0.4) is 0 Å². The third-order valence-corrected chi connectivity index (χ3v) is 5.33. The van der Waals surface area contributed by atoms with E-state index in [0.29, 0.717) is 5.16 Å². The highest BCUT2D eigenvalue weighted by Gasteiger charge is 2.19. The number of carbonyl (C=O) groups is 1. The standard InChI is InChI=1S/C20H22N4O3S/c1-13(19(25)21-15-7-11-17(27-4)12-8-15)28-20-23-22-18(24(20)2)14-5-9-16(26-3)10-6-14/h5-13H,1-4H3,(H,21,25)/t13-/m1/s1. The van der Waals surface area contributed by atoms with E-state index in [1.165, 1.54) is 11.8 Å². The summed E-state index contributed by atoms with van der Waals surface area (Å²) >= 11 is 1.36. The molecular formula is C20H22N4O3S. The Morgan fingerprint density at radius 1 is 1.00 bits per heavy atom. The lowest BCUT2D eigenvalue weighted by atomic mass is 10.2. The van der Waals surface area contributed by atoms with E-state index in [9.17, 15) is 4.79 Å². The van der Waals surface area contributed by atoms with Gasteiger partial charge in [-0.2, -0.15) is 0 Å². The topological polar surface area (TPSA) is 78.3 Å². The fourth-order valence-electron chi connectivity index (χ4n) is 2.54. The van der Waals surface area contributed by atoms with Crippen LogP contribution in [-0.2, 0) is 11.8 Å². The van der Waals surface area contributed by atoms with Crippen molar-refractivity contribution < 1.29 is 14.3 Å². The van der Waals surface area contributed by atoms with Crippen LogP contribution in [0.15, 0.2) is 53.7 Å². The van der Waals surface area contributed by atoms with Gasteiger partial charge in [0.25, 0.3) is 0 Å². The van der Waals surface area contributed by atoms with Gasteiger partial charge in [0.2, 0.25) is 5.91 Å². The Balaban J connectivity index is 1.67. The normalized spacial score (nSPS) is 11.7. The molecule has 3 aromatic rings. The molecule has 1 amide bonds. The maximum absolute atomic E-state index is 12.5. The van der Waals surface area contributed by atoms with E-state index < -0.39 is 0 Å². The largest absolute Gasteiger partial charge is 0.497 e. The van der Waals surface area contributed by atoms with Gasteiger partial charge in [-0.25, -0.2) is 0 Å². The maximum atomic E-state index is 12.5. The number of hydrogen-bond donors (Lipinski definition) is 1. The number of benzene rings is 2. The molecule has 0 saturated carbocycles. The zero-order valence-electron chi connectivity index (χ0n) is 16.2. The molecule has 0 aliphatic rings. The molecule has 0 aliphatic heterocycles. The SMILES string of the molecule is COc1ccc(NC(=O)[C@@H](C)Sc2nnc(-c3ccc(OC)cc3)n2C)cc1. The number of nitrogens with one attached hydrogen (secondary N) is 1. The average molecular weight is 398 g/mol. The van der Waals surface area contributed by atoms with Crippen molar-refractivity contribution in [3.63, 3.8) is 0 Å². The quantitative estimate of drug-likeness (QED) is 0.613. The summed E-state index contributed by atoms with van der Waals surface area (Å²) in [5.74, 6) is 2.15. The van der Waals surface area contributed by atoms with Crippen molar-refractivity contribution in [2.45, 2.75) is 17.3 Å². The van der Waals surface area contributed by atoms with Crippen LogP contribution >= 0.6 is 11.8 Å². The van der Waals surface area contributed by atoms with E-state index in [0.717, 1.165) is 28.6 Å². The van der Waals surface area contributed by atoms with E-state index >= 15 is 0 Å². The third kappa shape index (κ3) is 4.45. The summed E-state index contributed by atoms with van der Waals surface area (Å²) in [4.78, 5) is 12.5. The van der Waals surface area contributed by atoms with Gasteiger partial charge in [-0.15, -0.1) is 10.2 Å². The number of carbonyl (C=O) groups excluding carboxylic acids is 1. The van der Waals surface area contributed by atoms with Crippen LogP contribution in [0, 0.1) is 0 Å². The smallest absolute Gasteiger partial charge is 0.237 e. The molecular weight excluding hydrogens is 376 g/mol. The predicted octanol–water partition coefficient (Wildman–Crippen LogP) is 3.62. The fourth-order valence-corrected chi connectivity index (χ4v) is 3.35. The molecule has 0 spiro atoms. The van der Waals surface area contributed by atoms with Crippen LogP contribution in [0.4, 0.5) is 5.69 Å². The first-order valence-electron chi connectivity index (χ1n) is 8.67. The van der Waals surface area contributed by atoms with Gasteiger partial charge in [0, 0.05) is 18.3 Å². The predicted molar refractivity (Wildman–Crippen MR) is 110 cm³/mol. The summed E-state index contributed by atoms with van der Waals surface area (Å²) in [6.45, 7) is 1.84. The zero-order chi connectivity index (χ0) is 20.1. The number of rotatable bonds is 7. The Hall–Kier alpha value is -3.00. The monoisotopic (exact) mass is 398 g/mol. The van der Waals surface area contributed by atoms with Gasteiger partial charge in [-0.05, 0) is 55.5 Å². The Morgan fingerprint density at radius 3 is 2.14 bits per heavy atom. The van der Waals surface area contributed by atoms with Crippen molar-refractivity contribution in [1.29, 1.82) is 0 Å². The molecule has 1 N–H and O–H groups in total. The summed E-state index contributed by atoms with van der Waals surface area (Å²) in [5, 5.41) is 11.7. The van der Waals surface area contributed by atoms with Gasteiger partial charge in [-0.3, -0.25) is 4.79 Å². The lowest BCUT2D eigenvalue weighted by molar-refractivity contribution is -0.115. The van der Waals surface area contributed by atoms with Gasteiger partial charge >= 0.3 is 0 Å². The van der Waals surface area contributed by atoms with E-state index in [1.54, 1.807) is 38.5 Å². The van der Waals surface area contributed by atoms with Gasteiger partial charge in [0.1, 0.15) is 11.5 Å². The van der Waals surface area contributed by atoms with Crippen molar-refractivity contribution in [3.05, 3.63) is 48.5 Å². The molecule has 0 bridgehead atoms. The second kappa shape index (κ2) is 8.79. The minimum Gasteiger partial charge on any atom is -0.497 e. The van der Waals surface area contributed by atoms with Crippen molar-refractivity contribution in [2.75, 3.05) is 19.5 Å². The summed E-state index contributed by atoms with van der Waals surface area (Å²) < 4.78 is 12.2. The van der Waals surface area contributed by atoms with Crippen LogP contribution in [0.25, 0.3) is 11.4 Å². The molecule has 146 valence electrons. The number of amides is 1. The number of ether oxygens (including phenoxy) is 2. The first-order chi connectivity index (χ1) is 13.5. The summed E-state index contributed by atoms with van der Waals surface area (Å²) in [6.07, 6.45) is 0.